The first-order valence-electron chi connectivity index (χ1n) is 7.40. The van der Waals surface area contributed by atoms with Gasteiger partial charge in [-0.2, -0.15) is 6.41 Å². The number of rotatable bonds is 15. The fraction of sp³-hybridized carbons (Fsp3) is 0.857. The van der Waals surface area contributed by atoms with Crippen molar-refractivity contribution in [1.82, 2.24) is 10.6 Å². The molecule has 9 heteroatoms. The Hall–Kier alpha value is 0.416. The van der Waals surface area contributed by atoms with E-state index in [0.717, 1.165) is 0 Å². The van der Waals surface area contributed by atoms with Gasteiger partial charge in [-0.15, -0.1) is 0 Å². The van der Waals surface area contributed by atoms with Crippen molar-refractivity contribution < 1.29 is 79.9 Å². The first-order valence-corrected chi connectivity index (χ1v) is 7.40. The zero-order chi connectivity index (χ0) is 16.9. The molecule has 23 heavy (non-hydrogen) atoms. The van der Waals surface area contributed by atoms with Crippen molar-refractivity contribution in [1.29, 1.82) is 0 Å². The average Bonchev–Trinajstić information content (AvgIpc) is 2.54. The van der Waals surface area contributed by atoms with Gasteiger partial charge < -0.3 is 34.4 Å². The molecule has 0 aromatic rings. The van der Waals surface area contributed by atoms with Gasteiger partial charge in [0.2, 0.25) is 5.91 Å². The molecule has 0 atom stereocenters. The molecule has 0 aromatic heterocycles. The third-order valence-electron chi connectivity index (χ3n) is 2.03. The number of nitrogens with one attached hydrogen (secondary N) is 2. The maximum Gasteiger partial charge on any atom is 1.00 e. The van der Waals surface area contributed by atoms with Gasteiger partial charge in [-0.05, 0) is 0 Å². The number of amides is 2. The van der Waals surface area contributed by atoms with E-state index in [-0.39, 0.29) is 63.9 Å². The topological polar surface area (TPSA) is 95.1 Å². The molecule has 2 N–H and O–H groups in total. The molecule has 0 fully saturated rings. The van der Waals surface area contributed by atoms with Crippen LogP contribution in [-0.4, -0.2) is 78.8 Å². The number of carbonyl (C=O) groups is 1. The van der Waals surface area contributed by atoms with Crippen LogP contribution in [-0.2, 0) is 28.5 Å². The maximum atomic E-state index is 11.0. The van der Waals surface area contributed by atoms with Gasteiger partial charge >= 0.3 is 51.4 Å². The standard InChI is InChI=1S/C12H23N2O6.C2H6.K/c1-17-10-12(16)14-3-5-19-7-9-20-8-6-18-4-2-13-11-15;1-2;/h2-10H2,1H3,(H,13,15)(H,14,16);1-2H3;/q-1;;+1. The predicted octanol–water partition coefficient (Wildman–Crippen LogP) is -3.51. The zero-order valence-corrected chi connectivity index (χ0v) is 17.9. The Balaban J connectivity index is -0.00000128. The summed E-state index contributed by atoms with van der Waals surface area (Å²) < 4.78 is 20.3. The summed E-state index contributed by atoms with van der Waals surface area (Å²) >= 11 is 0. The molecule has 0 heterocycles. The monoisotopic (exact) mass is 360 g/mol. The second kappa shape index (κ2) is 27.3. The van der Waals surface area contributed by atoms with Crippen LogP contribution in [0.3, 0.4) is 0 Å². The molecule has 0 aliphatic heterocycles. The summed E-state index contributed by atoms with van der Waals surface area (Å²) in [5.74, 6) is -0.161. The van der Waals surface area contributed by atoms with Crippen LogP contribution < -0.4 is 62.0 Å². The molecule has 0 bridgehead atoms. The Bertz CT molecular complexity index is 247. The van der Waals surface area contributed by atoms with Gasteiger partial charge in [0.15, 0.2) is 0 Å². The average molecular weight is 360 g/mol. The molecule has 0 rings (SSSR count). The van der Waals surface area contributed by atoms with Crippen LogP contribution in [0.25, 0.3) is 0 Å². The number of methoxy groups -OCH3 is 1. The Kier molecular flexibility index (Phi) is 33.5. The predicted molar refractivity (Wildman–Crippen MR) is 82.4 cm³/mol. The van der Waals surface area contributed by atoms with Crippen molar-refractivity contribution in [2.45, 2.75) is 13.8 Å². The van der Waals surface area contributed by atoms with Gasteiger partial charge in [-0.25, -0.2) is 0 Å². The van der Waals surface area contributed by atoms with E-state index in [2.05, 4.69) is 15.4 Å². The second-order valence-electron chi connectivity index (χ2n) is 3.65. The Labute approximate surface area is 181 Å². The van der Waals surface area contributed by atoms with Gasteiger partial charge in [-0.3, -0.25) is 4.79 Å². The summed E-state index contributed by atoms with van der Waals surface area (Å²) in [4.78, 5) is 20.8. The summed E-state index contributed by atoms with van der Waals surface area (Å²) in [6.07, 6.45) is 1.56. The molecule has 0 aliphatic rings. The molecule has 0 radical (unpaired) electrons. The number of hydrogen-bond donors (Lipinski definition) is 2. The molecule has 132 valence electrons. The second-order valence-corrected chi connectivity index (χ2v) is 3.65. The number of ether oxygens (including phenoxy) is 4. The van der Waals surface area contributed by atoms with Crippen LogP contribution in [0.4, 0.5) is 0 Å². The molecular formula is C14H29KN2O6. The Morgan fingerprint density at radius 1 is 0.913 bits per heavy atom. The van der Waals surface area contributed by atoms with Gasteiger partial charge in [0.25, 0.3) is 0 Å². The van der Waals surface area contributed by atoms with Crippen LogP contribution in [0.15, 0.2) is 0 Å². The van der Waals surface area contributed by atoms with Crippen molar-refractivity contribution in [2.24, 2.45) is 0 Å². The van der Waals surface area contributed by atoms with Crippen LogP contribution in [0, 0.1) is 0 Å². The van der Waals surface area contributed by atoms with Crippen LogP contribution >= 0.6 is 0 Å². The molecule has 0 saturated carbocycles. The van der Waals surface area contributed by atoms with E-state index in [0.29, 0.717) is 52.7 Å². The van der Waals surface area contributed by atoms with Gasteiger partial charge in [0.1, 0.15) is 6.61 Å². The quantitative estimate of drug-likeness (QED) is 0.136. The molecule has 0 aliphatic carbocycles. The molecular weight excluding hydrogens is 331 g/mol. The molecule has 8 nitrogen and oxygen atoms in total. The summed E-state index contributed by atoms with van der Waals surface area (Å²) in [5.41, 5.74) is 0. The van der Waals surface area contributed by atoms with Crippen molar-refractivity contribution >= 4 is 12.3 Å². The van der Waals surface area contributed by atoms with Crippen LogP contribution in [0.5, 0.6) is 0 Å². The molecule has 0 unspecified atom stereocenters. The first-order chi connectivity index (χ1) is 10.8. The fourth-order valence-corrected chi connectivity index (χ4v) is 1.16. The smallest absolute Gasteiger partial charge is 0.528 e. The van der Waals surface area contributed by atoms with Crippen molar-refractivity contribution in [3.05, 3.63) is 0 Å². The molecule has 0 spiro atoms. The van der Waals surface area contributed by atoms with Gasteiger partial charge in [0, 0.05) is 20.2 Å². The summed E-state index contributed by atoms with van der Waals surface area (Å²) in [6.45, 7) is 7.69. The SMILES string of the molecule is CC.COCC(=O)NCCOCCOCCOCCN[C-]=O.[K+]. The number of carbonyl (C=O) groups excluding carboxylic acids is 2. The maximum absolute atomic E-state index is 11.0. The van der Waals surface area contributed by atoms with Crippen molar-refractivity contribution in [3.63, 3.8) is 0 Å². The third-order valence-corrected chi connectivity index (χ3v) is 2.03. The third kappa shape index (κ3) is 27.5. The zero-order valence-electron chi connectivity index (χ0n) is 14.8. The summed E-state index contributed by atoms with van der Waals surface area (Å²) in [7, 11) is 1.47. The number of hydrogen-bond acceptors (Lipinski definition) is 6. The van der Waals surface area contributed by atoms with Crippen molar-refractivity contribution in [2.75, 3.05) is 66.4 Å². The van der Waals surface area contributed by atoms with E-state index in [4.69, 9.17) is 14.2 Å². The first kappa shape index (κ1) is 28.2. The summed E-state index contributed by atoms with van der Waals surface area (Å²) in [5, 5.41) is 5.00. The van der Waals surface area contributed by atoms with E-state index < -0.39 is 0 Å². The van der Waals surface area contributed by atoms with Crippen molar-refractivity contribution in [3.8, 4) is 0 Å². The minimum absolute atomic E-state index is 0. The summed E-state index contributed by atoms with van der Waals surface area (Å²) in [6, 6.07) is 0. The molecule has 2 amide bonds. The van der Waals surface area contributed by atoms with Gasteiger partial charge in [-0.1, -0.05) is 13.8 Å². The Morgan fingerprint density at radius 3 is 1.87 bits per heavy atom. The van der Waals surface area contributed by atoms with E-state index in [1.54, 1.807) is 6.41 Å². The molecule has 0 saturated heterocycles. The van der Waals surface area contributed by atoms with Crippen LogP contribution in [0.2, 0.25) is 0 Å². The van der Waals surface area contributed by atoms with E-state index >= 15 is 0 Å². The Morgan fingerprint density at radius 2 is 1.39 bits per heavy atom. The molecule has 0 aromatic carbocycles. The van der Waals surface area contributed by atoms with Gasteiger partial charge in [0.05, 0.1) is 39.6 Å². The van der Waals surface area contributed by atoms with E-state index in [9.17, 15) is 9.59 Å². The van der Waals surface area contributed by atoms with E-state index in [1.807, 2.05) is 13.8 Å². The minimum atomic E-state index is -0.161. The fourth-order valence-electron chi connectivity index (χ4n) is 1.16. The van der Waals surface area contributed by atoms with Crippen LogP contribution in [0.1, 0.15) is 13.8 Å². The normalized spacial score (nSPS) is 9.17. The largest absolute Gasteiger partial charge is 1.00 e. The van der Waals surface area contributed by atoms with E-state index in [1.165, 1.54) is 7.11 Å². The minimum Gasteiger partial charge on any atom is -0.528 e.